The molecular weight excluding hydrogens is 1570 g/mol. The van der Waals surface area contributed by atoms with E-state index in [-0.39, 0.29) is 11.4 Å². The van der Waals surface area contributed by atoms with Crippen molar-refractivity contribution in [2.24, 2.45) is 0 Å². The molecule has 9 nitrogen and oxygen atoms in total. The number of ether oxygens (including phenoxy) is 1. The topological polar surface area (TPSA) is 35.2 Å². The van der Waals surface area contributed by atoms with E-state index in [0.717, 1.165) is 78.9 Å². The molecule has 0 saturated carbocycles. The lowest BCUT2D eigenvalue weighted by Crippen LogP contribution is -2.66. The smallest absolute Gasteiger partial charge is 0.256 e. The van der Waals surface area contributed by atoms with Gasteiger partial charge in [-0.2, -0.15) is 0 Å². The molecule has 0 saturated heterocycles. The first-order chi connectivity index (χ1) is 62.1. The second-order valence-electron chi connectivity index (χ2n) is 32.2. The van der Waals surface area contributed by atoms with Gasteiger partial charge in [-0.3, -0.25) is 0 Å². The fourth-order valence-corrected chi connectivity index (χ4v) is 20.3. The number of anilines is 24. The van der Waals surface area contributed by atoms with Gasteiger partial charge >= 0.3 is 0 Å². The molecule has 6 heterocycles. The van der Waals surface area contributed by atoms with Crippen LogP contribution >= 0.6 is 0 Å². The Balaban J connectivity index is 0.836. The van der Waals surface area contributed by atoms with Crippen molar-refractivity contribution in [2.75, 3.05) is 39.2 Å². The minimum absolute atomic E-state index is 0.264. The molecule has 0 amide bonds. The molecule has 0 N–H and O–H groups in total. The molecule has 6 aliphatic heterocycles. The number of para-hydroxylation sites is 13. The van der Waals surface area contributed by atoms with Crippen molar-refractivity contribution in [1.29, 1.82) is 0 Å². The molecule has 0 unspecified atom stereocenters. The lowest BCUT2D eigenvalue weighted by molar-refractivity contribution is 0.487. The minimum Gasteiger partial charge on any atom is -0.458 e. The van der Waals surface area contributed by atoms with E-state index in [1.54, 1.807) is 14.7 Å². The van der Waals surface area contributed by atoms with Gasteiger partial charge in [0.15, 0.2) is 0 Å². The zero-order valence-corrected chi connectivity index (χ0v) is 67.2. The Morgan fingerprint density at radius 1 is 0.183 bits per heavy atom. The van der Waals surface area contributed by atoms with Crippen molar-refractivity contribution in [1.82, 2.24) is 0 Å². The molecule has 126 heavy (non-hydrogen) atoms. The fraction of sp³-hybridized carbons (Fsp3) is 0. The van der Waals surface area contributed by atoms with Crippen LogP contribution in [-0.2, 0) is 0 Å². The highest BCUT2D eigenvalue weighted by Gasteiger charge is 2.52. The summed E-state index contributed by atoms with van der Waals surface area (Å²) in [5, 5.41) is 0. The lowest BCUT2D eigenvalue weighted by Gasteiger charge is -2.47. The van der Waals surface area contributed by atoms with Gasteiger partial charge in [0.25, 0.3) is 20.1 Å². The number of benzene rings is 18. The van der Waals surface area contributed by atoms with E-state index in [0.29, 0.717) is 95.5 Å². The zero-order valence-electron chi connectivity index (χ0n) is 67.2. The maximum atomic E-state index is 18.5. The quantitative estimate of drug-likeness (QED) is 0.0781. The largest absolute Gasteiger partial charge is 0.458 e. The minimum atomic E-state index is -0.954. The van der Waals surface area contributed by atoms with Gasteiger partial charge in [0.2, 0.25) is 0 Å². The van der Waals surface area contributed by atoms with Gasteiger partial charge in [-0.05, 0) is 231 Å². The first-order valence-electron chi connectivity index (χ1n) is 42.0. The van der Waals surface area contributed by atoms with E-state index >= 15 is 26.3 Å². The van der Waals surface area contributed by atoms with E-state index in [1.165, 1.54) is 54.6 Å². The van der Waals surface area contributed by atoms with Crippen LogP contribution < -0.4 is 93.1 Å². The van der Waals surface area contributed by atoms with Crippen LogP contribution in [0.3, 0.4) is 0 Å². The van der Waals surface area contributed by atoms with E-state index in [4.69, 9.17) is 4.74 Å². The third-order valence-corrected chi connectivity index (χ3v) is 25.3. The summed E-state index contributed by atoms with van der Waals surface area (Å²) in [5.41, 5.74) is 18.6. The Bertz CT molecular complexity index is 7250. The molecule has 0 radical (unpaired) electrons. The molecule has 0 fully saturated rings. The predicted molar refractivity (Wildman–Crippen MR) is 504 cm³/mol. The first-order valence-corrected chi connectivity index (χ1v) is 42.0. The van der Waals surface area contributed by atoms with Gasteiger partial charge in [-0.1, -0.05) is 212 Å². The predicted octanol–water partition coefficient (Wildman–Crippen LogP) is 23.5. The molecule has 18 heteroatoms. The molecule has 0 bridgehead atoms. The van der Waals surface area contributed by atoms with E-state index < -0.39 is 66.4 Å². The molecule has 6 aliphatic rings. The summed E-state index contributed by atoms with van der Waals surface area (Å²) in [5.74, 6) is -4.59. The summed E-state index contributed by atoms with van der Waals surface area (Å²) in [6, 6.07) is 128. The van der Waals surface area contributed by atoms with Gasteiger partial charge in [-0.25, -0.2) is 26.3 Å². The molecule has 18 aromatic carbocycles. The van der Waals surface area contributed by atoms with Crippen molar-refractivity contribution >= 4 is 206 Å². The van der Waals surface area contributed by atoms with Gasteiger partial charge in [0, 0.05) is 115 Å². The highest BCUT2D eigenvalue weighted by atomic mass is 19.2. The van der Waals surface area contributed by atoms with Crippen molar-refractivity contribution in [2.45, 2.75) is 0 Å². The molecule has 0 aliphatic carbocycles. The summed E-state index contributed by atoms with van der Waals surface area (Å²) in [7, 11) is 0. The van der Waals surface area contributed by atoms with Crippen LogP contribution in [0.4, 0.5) is 163 Å². The van der Waals surface area contributed by atoms with Gasteiger partial charge in [0.1, 0.15) is 63.5 Å². The molecule has 0 atom stereocenters. The Kier molecular flexibility index (Phi) is 17.2. The maximum absolute atomic E-state index is 18.5. The number of hydrogen-bond acceptors (Lipinski definition) is 9. The van der Waals surface area contributed by atoms with E-state index in [9.17, 15) is 0 Å². The Morgan fingerprint density at radius 2 is 0.444 bits per heavy atom. The summed E-state index contributed by atoms with van der Waals surface area (Å²) in [6.45, 7) is -2.38. The fourth-order valence-electron chi connectivity index (χ4n) is 20.3. The summed E-state index contributed by atoms with van der Waals surface area (Å²) in [4.78, 5) is 15.8. The zero-order chi connectivity index (χ0) is 84.1. The molecule has 0 spiro atoms. The second kappa shape index (κ2) is 29.4. The highest BCUT2D eigenvalue weighted by Crippen LogP contribution is 2.56. The summed E-state index contributed by atoms with van der Waals surface area (Å²) in [6.07, 6.45) is 0. The Labute approximate surface area is 724 Å². The summed E-state index contributed by atoms with van der Waals surface area (Å²) >= 11 is 0. The maximum Gasteiger partial charge on any atom is 0.256 e. The van der Waals surface area contributed by atoms with Crippen LogP contribution in [-0.4, -0.2) is 20.1 Å². The van der Waals surface area contributed by atoms with Crippen LogP contribution in [0, 0.1) is 34.9 Å². The van der Waals surface area contributed by atoms with Crippen LogP contribution in [0.25, 0.3) is 0 Å². The van der Waals surface area contributed by atoms with E-state index in [1.807, 2.05) is 279 Å². The number of halogens is 6. The average Bonchev–Trinajstić information content (AvgIpc) is 0.679. The van der Waals surface area contributed by atoms with Crippen LogP contribution in [0.1, 0.15) is 0 Å². The molecule has 596 valence electrons. The Morgan fingerprint density at radius 3 is 0.778 bits per heavy atom. The Hall–Kier alpha value is -16.1. The number of nitrogens with zero attached hydrogens (tertiary/aromatic N) is 8. The number of rotatable bonds is 14. The second-order valence-corrected chi connectivity index (χ2v) is 32.2. The third-order valence-electron chi connectivity index (χ3n) is 25.3. The lowest BCUT2D eigenvalue weighted by atomic mass is 9.29. The SMILES string of the molecule is Fc1cccc(F)c1N1c2cc3c(cc2B2c4cc5c(cc4Oc4cc(N(c6ccccc6)c6ccccc6)cc1c42)N(c1c(F)cccc1F)c1cc(N(c2ccccc2)c2ccccc2)cc2c1B5c1ccccc1N2c1ccccc1)B1c2ccccc2N(c2ccccc2)c2cc(N(c4ccccc4)c4ccccc4)cc(c21)N3c1c(F)cccc1F. The van der Waals surface area contributed by atoms with Crippen LogP contribution in [0.15, 0.2) is 406 Å². The van der Waals surface area contributed by atoms with Gasteiger partial charge in [0.05, 0.1) is 17.1 Å². The van der Waals surface area contributed by atoms with Crippen molar-refractivity contribution in [3.05, 3.63) is 441 Å². The first kappa shape index (κ1) is 73.8. The molecule has 24 rings (SSSR count). The van der Waals surface area contributed by atoms with Crippen LogP contribution in [0.5, 0.6) is 11.5 Å². The number of hydrogen-bond donors (Lipinski definition) is 0. The van der Waals surface area contributed by atoms with Gasteiger partial charge in [-0.15, -0.1) is 0 Å². The molecule has 0 aromatic heterocycles. The standard InChI is InChI=1S/C108H67B3F6N8O/c112-85-50-29-51-86(113)106(85)123-93-66-94-82(64-81(93)109-79-48-25-27-56-91(79)121(74-44-21-7-22-45-74)96-58-76(60-98(123)103(96)109)118(68-32-9-1-10-33-68)69-34-11-2-12-35-69)111-84-65-83-95(67-101(84)126-102-63-78(120(72-40-17-5-18-41-72)73-42-19-6-20-43-73)62-100(105(102)111)124(94)107-87(114)52-30-53-88(107)115)125(108-89(116)54-31-55-90(108)117)99-61-77(119(70-36-13-3-14-37-70)71-38-15-4-16-39-71)59-97-104(99)110(83)80-49-26-28-57-92(80)122(97)75-46-23-8-24-47-75/h1-67H. The summed E-state index contributed by atoms with van der Waals surface area (Å²) < 4.78 is 118. The number of fused-ring (bicyclic) bond motifs is 12. The monoisotopic (exact) mass is 1640 g/mol. The third kappa shape index (κ3) is 11.5. The van der Waals surface area contributed by atoms with Crippen molar-refractivity contribution < 1.29 is 31.1 Å². The molecular formula is C108H67B3F6N8O. The van der Waals surface area contributed by atoms with Gasteiger partial charge < -0.3 is 43.9 Å². The van der Waals surface area contributed by atoms with Crippen molar-refractivity contribution in [3.63, 3.8) is 0 Å². The normalized spacial score (nSPS) is 13.1. The van der Waals surface area contributed by atoms with E-state index in [2.05, 4.69) is 97.3 Å². The van der Waals surface area contributed by atoms with Crippen molar-refractivity contribution in [3.8, 4) is 11.5 Å². The molecule has 18 aromatic rings. The highest BCUT2D eigenvalue weighted by molar-refractivity contribution is 7.04. The average molecular weight is 1640 g/mol. The van der Waals surface area contributed by atoms with Crippen LogP contribution in [0.2, 0.25) is 0 Å².